The normalized spacial score (nSPS) is 15.4. The summed E-state index contributed by atoms with van der Waals surface area (Å²) in [5.74, 6) is 0.717. The standard InChI is InChI=1S/C18H14BrNO4S/c1-23-14-8-12(9-15-17(21)20-18(22)25-15)7-13(19)16(14)24-10-11-5-3-2-4-6-11/h2-9H,10H2,1H3,(H,20,21,22)/b15-9-. The van der Waals surface area contributed by atoms with Crippen molar-refractivity contribution >= 4 is 44.9 Å². The largest absolute Gasteiger partial charge is 0.493 e. The predicted molar refractivity (Wildman–Crippen MR) is 101 cm³/mol. The summed E-state index contributed by atoms with van der Waals surface area (Å²) in [5.41, 5.74) is 1.77. The number of amides is 2. The number of carbonyl (C=O) groups excluding carboxylic acids is 2. The maximum absolute atomic E-state index is 11.7. The van der Waals surface area contributed by atoms with Crippen molar-refractivity contribution in [1.29, 1.82) is 0 Å². The number of ether oxygens (including phenoxy) is 2. The lowest BCUT2D eigenvalue weighted by Gasteiger charge is -2.13. The van der Waals surface area contributed by atoms with Crippen molar-refractivity contribution in [3.63, 3.8) is 0 Å². The number of nitrogens with one attached hydrogen (secondary N) is 1. The van der Waals surface area contributed by atoms with Crippen molar-refractivity contribution in [3.8, 4) is 11.5 Å². The molecule has 1 fully saturated rings. The molecule has 5 nitrogen and oxygen atoms in total. The molecule has 0 saturated carbocycles. The van der Waals surface area contributed by atoms with E-state index in [1.54, 1.807) is 19.3 Å². The van der Waals surface area contributed by atoms with Crippen LogP contribution in [0.4, 0.5) is 4.79 Å². The van der Waals surface area contributed by atoms with E-state index in [1.165, 1.54) is 0 Å². The van der Waals surface area contributed by atoms with E-state index in [2.05, 4.69) is 21.2 Å². The fourth-order valence-electron chi connectivity index (χ4n) is 2.27. The highest BCUT2D eigenvalue weighted by Gasteiger charge is 2.25. The van der Waals surface area contributed by atoms with Gasteiger partial charge in [-0.25, -0.2) is 0 Å². The number of imide groups is 1. The zero-order chi connectivity index (χ0) is 17.8. The van der Waals surface area contributed by atoms with Gasteiger partial charge >= 0.3 is 0 Å². The first-order chi connectivity index (χ1) is 12.1. The molecule has 7 heteroatoms. The van der Waals surface area contributed by atoms with Crippen LogP contribution in [0.5, 0.6) is 11.5 Å². The molecule has 2 amide bonds. The van der Waals surface area contributed by atoms with Crippen LogP contribution < -0.4 is 14.8 Å². The lowest BCUT2D eigenvalue weighted by Crippen LogP contribution is -2.17. The van der Waals surface area contributed by atoms with E-state index in [-0.39, 0.29) is 5.24 Å². The van der Waals surface area contributed by atoms with Gasteiger partial charge in [-0.3, -0.25) is 14.9 Å². The highest BCUT2D eigenvalue weighted by Crippen LogP contribution is 2.38. The highest BCUT2D eigenvalue weighted by atomic mass is 79.9. The number of methoxy groups -OCH3 is 1. The molecule has 0 atom stereocenters. The summed E-state index contributed by atoms with van der Waals surface area (Å²) < 4.78 is 12.0. The quantitative estimate of drug-likeness (QED) is 0.729. The van der Waals surface area contributed by atoms with E-state index in [0.29, 0.717) is 27.5 Å². The van der Waals surface area contributed by atoms with Gasteiger partial charge in [0.25, 0.3) is 11.1 Å². The second-order valence-corrected chi connectivity index (χ2v) is 7.03. The molecule has 25 heavy (non-hydrogen) atoms. The Morgan fingerprint density at radius 2 is 1.96 bits per heavy atom. The first-order valence-corrected chi connectivity index (χ1v) is 8.97. The van der Waals surface area contributed by atoms with Gasteiger partial charge in [0.2, 0.25) is 0 Å². The molecular weight excluding hydrogens is 406 g/mol. The van der Waals surface area contributed by atoms with Gasteiger partial charge in [-0.2, -0.15) is 0 Å². The Hall–Kier alpha value is -2.25. The van der Waals surface area contributed by atoms with E-state index >= 15 is 0 Å². The van der Waals surface area contributed by atoms with Gasteiger partial charge < -0.3 is 9.47 Å². The summed E-state index contributed by atoms with van der Waals surface area (Å²) in [6.07, 6.45) is 1.64. The number of thioether (sulfide) groups is 1. The summed E-state index contributed by atoms with van der Waals surface area (Å²) >= 11 is 4.35. The molecule has 1 saturated heterocycles. The maximum atomic E-state index is 11.7. The molecule has 3 rings (SSSR count). The summed E-state index contributed by atoms with van der Waals surface area (Å²) in [4.78, 5) is 23.3. The Bertz CT molecular complexity index is 852. The van der Waals surface area contributed by atoms with Crippen molar-refractivity contribution in [1.82, 2.24) is 5.32 Å². The van der Waals surface area contributed by atoms with Crippen LogP contribution >= 0.6 is 27.7 Å². The second kappa shape index (κ2) is 7.76. The van der Waals surface area contributed by atoms with Gasteiger partial charge in [-0.05, 0) is 57.0 Å². The molecular formula is C18H14BrNO4S. The molecule has 1 aliphatic heterocycles. The van der Waals surface area contributed by atoms with Gasteiger partial charge in [0, 0.05) is 0 Å². The second-order valence-electron chi connectivity index (χ2n) is 5.16. The third-order valence-electron chi connectivity index (χ3n) is 3.42. The SMILES string of the molecule is COc1cc(/C=C2\SC(=O)NC2=O)cc(Br)c1OCc1ccccc1. The zero-order valence-corrected chi connectivity index (χ0v) is 15.6. The smallest absolute Gasteiger partial charge is 0.290 e. The first-order valence-electron chi connectivity index (χ1n) is 7.36. The molecule has 1 N–H and O–H groups in total. The zero-order valence-electron chi connectivity index (χ0n) is 13.2. The Balaban J connectivity index is 1.85. The molecule has 0 spiro atoms. The lowest BCUT2D eigenvalue weighted by molar-refractivity contribution is -0.115. The van der Waals surface area contributed by atoms with Crippen LogP contribution in [0.3, 0.4) is 0 Å². The Morgan fingerprint density at radius 3 is 2.60 bits per heavy atom. The first kappa shape index (κ1) is 17.6. The summed E-state index contributed by atoms with van der Waals surface area (Å²) in [5, 5.41) is 1.86. The Labute approximate surface area is 157 Å². The van der Waals surface area contributed by atoms with E-state index in [4.69, 9.17) is 9.47 Å². The number of benzene rings is 2. The summed E-state index contributed by atoms with van der Waals surface area (Å²) in [7, 11) is 1.55. The number of rotatable bonds is 5. The van der Waals surface area contributed by atoms with E-state index in [1.807, 2.05) is 36.4 Å². The fourth-order valence-corrected chi connectivity index (χ4v) is 3.52. The summed E-state index contributed by atoms with van der Waals surface area (Å²) in [6, 6.07) is 13.4. The van der Waals surface area contributed by atoms with Gasteiger partial charge in [-0.1, -0.05) is 30.3 Å². The van der Waals surface area contributed by atoms with Gasteiger partial charge in [0.05, 0.1) is 16.5 Å². The van der Waals surface area contributed by atoms with Crippen LogP contribution in [0.25, 0.3) is 6.08 Å². The average Bonchev–Trinajstić information content (AvgIpc) is 2.91. The molecule has 128 valence electrons. The van der Waals surface area contributed by atoms with Crippen molar-refractivity contribution in [2.24, 2.45) is 0 Å². The minimum atomic E-state index is -0.394. The molecule has 0 aliphatic carbocycles. The van der Waals surface area contributed by atoms with E-state index < -0.39 is 5.91 Å². The van der Waals surface area contributed by atoms with Crippen molar-refractivity contribution < 1.29 is 19.1 Å². The molecule has 0 bridgehead atoms. The van der Waals surface area contributed by atoms with Crippen molar-refractivity contribution in [3.05, 3.63) is 63.0 Å². The third kappa shape index (κ3) is 4.24. The third-order valence-corrected chi connectivity index (χ3v) is 4.82. The minimum Gasteiger partial charge on any atom is -0.493 e. The van der Waals surface area contributed by atoms with Crippen LogP contribution in [0, 0.1) is 0 Å². The van der Waals surface area contributed by atoms with Gasteiger partial charge in [-0.15, -0.1) is 0 Å². The molecule has 0 unspecified atom stereocenters. The van der Waals surface area contributed by atoms with E-state index in [0.717, 1.165) is 22.9 Å². The number of hydrogen-bond donors (Lipinski definition) is 1. The Kier molecular flexibility index (Phi) is 5.45. The molecule has 0 aromatic heterocycles. The minimum absolute atomic E-state index is 0.344. The van der Waals surface area contributed by atoms with Gasteiger partial charge in [0.15, 0.2) is 11.5 Å². The monoisotopic (exact) mass is 419 g/mol. The van der Waals surface area contributed by atoms with Gasteiger partial charge in [0.1, 0.15) is 6.61 Å². The van der Waals surface area contributed by atoms with E-state index in [9.17, 15) is 9.59 Å². The molecule has 0 radical (unpaired) electrons. The van der Waals surface area contributed by atoms with Crippen molar-refractivity contribution in [2.45, 2.75) is 6.61 Å². The maximum Gasteiger partial charge on any atom is 0.290 e. The highest BCUT2D eigenvalue weighted by molar-refractivity contribution is 9.10. The van der Waals surface area contributed by atoms with Crippen LogP contribution in [0.15, 0.2) is 51.8 Å². The van der Waals surface area contributed by atoms with Crippen LogP contribution in [-0.2, 0) is 11.4 Å². The van der Waals surface area contributed by atoms with Crippen LogP contribution in [-0.4, -0.2) is 18.3 Å². The van der Waals surface area contributed by atoms with Crippen molar-refractivity contribution in [2.75, 3.05) is 7.11 Å². The molecule has 2 aromatic rings. The predicted octanol–water partition coefficient (Wildman–Crippen LogP) is 4.36. The Morgan fingerprint density at radius 1 is 1.20 bits per heavy atom. The lowest BCUT2D eigenvalue weighted by atomic mass is 10.2. The number of halogens is 1. The molecule has 2 aromatic carbocycles. The fraction of sp³-hybridized carbons (Fsp3) is 0.111. The molecule has 1 heterocycles. The average molecular weight is 420 g/mol. The topological polar surface area (TPSA) is 64.6 Å². The summed E-state index contributed by atoms with van der Waals surface area (Å²) in [6.45, 7) is 0.406. The molecule has 1 aliphatic rings. The number of hydrogen-bond acceptors (Lipinski definition) is 5. The number of carbonyl (C=O) groups is 2. The van der Waals surface area contributed by atoms with Crippen LogP contribution in [0.2, 0.25) is 0 Å². The van der Waals surface area contributed by atoms with Crippen LogP contribution in [0.1, 0.15) is 11.1 Å².